The lowest BCUT2D eigenvalue weighted by Crippen LogP contribution is -2.38. The van der Waals surface area contributed by atoms with E-state index < -0.39 is 17.5 Å². The summed E-state index contributed by atoms with van der Waals surface area (Å²) in [5.74, 6) is 0.748. The first-order valence-corrected chi connectivity index (χ1v) is 12.1. The molecule has 9 nitrogen and oxygen atoms in total. The first kappa shape index (κ1) is 23.2. The molecule has 0 fully saturated rings. The van der Waals surface area contributed by atoms with Gasteiger partial charge in [0.2, 0.25) is 0 Å². The minimum atomic E-state index is -0.779. The molecule has 0 radical (unpaired) electrons. The van der Waals surface area contributed by atoms with Crippen LogP contribution >= 0.6 is 0 Å². The van der Waals surface area contributed by atoms with Crippen LogP contribution in [0.3, 0.4) is 0 Å². The summed E-state index contributed by atoms with van der Waals surface area (Å²) in [5, 5.41) is 8.49. The number of fused-ring (bicyclic) bond motifs is 3. The third-order valence-electron chi connectivity index (χ3n) is 6.54. The number of nitrogens with zero attached hydrogens (tertiary/aromatic N) is 5. The highest BCUT2D eigenvalue weighted by Crippen LogP contribution is 2.44. The van der Waals surface area contributed by atoms with Gasteiger partial charge in [0.25, 0.3) is 0 Å². The molecule has 4 aromatic rings. The van der Waals surface area contributed by atoms with Crippen molar-refractivity contribution in [2.24, 2.45) is 0 Å². The lowest BCUT2D eigenvalue weighted by atomic mass is 9.95. The minimum absolute atomic E-state index is 0.0846. The second kappa shape index (κ2) is 8.43. The van der Waals surface area contributed by atoms with Gasteiger partial charge < -0.3 is 14.2 Å². The van der Waals surface area contributed by atoms with E-state index in [1.807, 2.05) is 25.1 Å². The number of pyridine rings is 2. The van der Waals surface area contributed by atoms with Crippen LogP contribution in [0, 0.1) is 12.7 Å². The number of aryl methyl sites for hydroxylation is 1. The molecule has 10 heteroatoms. The maximum Gasteiger partial charge on any atom is 0.416 e. The fraction of sp³-hybridized carbons (Fsp3) is 0.333. The Hall–Kier alpha value is -4.21. The van der Waals surface area contributed by atoms with Crippen molar-refractivity contribution in [2.45, 2.75) is 45.8 Å². The first-order chi connectivity index (χ1) is 17.7. The van der Waals surface area contributed by atoms with E-state index in [1.54, 1.807) is 37.4 Å². The van der Waals surface area contributed by atoms with E-state index >= 15 is 4.39 Å². The molecular formula is C27H26FN5O4. The van der Waals surface area contributed by atoms with E-state index in [4.69, 9.17) is 14.2 Å². The summed E-state index contributed by atoms with van der Waals surface area (Å²) in [6, 6.07) is 8.62. The topological polar surface area (TPSA) is 91.1 Å². The summed E-state index contributed by atoms with van der Waals surface area (Å²) in [6.45, 7) is 7.77. The molecule has 0 spiro atoms. The molecule has 6 rings (SSSR count). The predicted molar refractivity (Wildman–Crippen MR) is 134 cm³/mol. The van der Waals surface area contributed by atoms with Crippen LogP contribution in [0.4, 0.5) is 15.0 Å². The van der Waals surface area contributed by atoms with Crippen LogP contribution < -0.4 is 14.4 Å². The van der Waals surface area contributed by atoms with E-state index in [0.717, 1.165) is 16.8 Å². The molecule has 3 aromatic heterocycles. The number of anilines is 1. The van der Waals surface area contributed by atoms with Crippen molar-refractivity contribution in [3.8, 4) is 22.6 Å². The van der Waals surface area contributed by atoms with Gasteiger partial charge >= 0.3 is 6.09 Å². The monoisotopic (exact) mass is 503 g/mol. The molecule has 2 aliphatic heterocycles. The minimum Gasteiger partial charge on any atom is -0.493 e. The smallest absolute Gasteiger partial charge is 0.416 e. The molecule has 37 heavy (non-hydrogen) atoms. The highest BCUT2D eigenvalue weighted by molar-refractivity contribution is 5.92. The normalized spacial score (nSPS) is 16.7. The van der Waals surface area contributed by atoms with Crippen molar-refractivity contribution < 1.29 is 23.4 Å². The van der Waals surface area contributed by atoms with Crippen LogP contribution in [0.2, 0.25) is 0 Å². The molecule has 1 amide bonds. The number of carbonyl (C=O) groups excluding carboxylic acids is 1. The summed E-state index contributed by atoms with van der Waals surface area (Å²) < 4.78 is 35.0. The van der Waals surface area contributed by atoms with Gasteiger partial charge in [-0.2, -0.15) is 0 Å². The van der Waals surface area contributed by atoms with Crippen molar-refractivity contribution in [1.82, 2.24) is 19.6 Å². The third-order valence-corrected chi connectivity index (χ3v) is 6.54. The zero-order valence-corrected chi connectivity index (χ0v) is 21.0. The zero-order chi connectivity index (χ0) is 25.9. The van der Waals surface area contributed by atoms with Crippen molar-refractivity contribution in [2.75, 3.05) is 18.1 Å². The molecule has 190 valence electrons. The molecule has 0 bridgehead atoms. The lowest BCUT2D eigenvalue weighted by molar-refractivity contribution is 0.0574. The highest BCUT2D eigenvalue weighted by Gasteiger charge is 2.37. The van der Waals surface area contributed by atoms with Crippen LogP contribution in [-0.2, 0) is 11.3 Å². The van der Waals surface area contributed by atoms with Crippen molar-refractivity contribution >= 4 is 17.6 Å². The molecule has 1 aromatic carbocycles. The second-order valence-electron chi connectivity index (χ2n) is 10.2. The number of rotatable bonds is 1. The Balaban J connectivity index is 1.61. The Labute approximate surface area is 212 Å². The van der Waals surface area contributed by atoms with Crippen LogP contribution in [0.5, 0.6) is 11.5 Å². The molecule has 0 saturated heterocycles. The Morgan fingerprint density at radius 1 is 1.14 bits per heavy atom. The Morgan fingerprint density at radius 2 is 1.92 bits per heavy atom. The van der Waals surface area contributed by atoms with Crippen LogP contribution in [0.25, 0.3) is 16.8 Å². The van der Waals surface area contributed by atoms with Crippen LogP contribution in [0.1, 0.15) is 43.5 Å². The van der Waals surface area contributed by atoms with E-state index in [0.29, 0.717) is 40.7 Å². The highest BCUT2D eigenvalue weighted by atomic mass is 19.1. The summed E-state index contributed by atoms with van der Waals surface area (Å²) >= 11 is 0. The van der Waals surface area contributed by atoms with Gasteiger partial charge in [-0.05, 0) is 52.0 Å². The third kappa shape index (κ3) is 3.92. The molecule has 0 unspecified atom stereocenters. The average Bonchev–Trinajstić information content (AvgIpc) is 3.49. The van der Waals surface area contributed by atoms with Gasteiger partial charge in [0.15, 0.2) is 17.2 Å². The van der Waals surface area contributed by atoms with Gasteiger partial charge in [-0.15, -0.1) is 10.2 Å². The van der Waals surface area contributed by atoms with E-state index in [9.17, 15) is 4.79 Å². The van der Waals surface area contributed by atoms with Gasteiger partial charge in [-0.3, -0.25) is 14.3 Å². The molecule has 0 N–H and O–H groups in total. The maximum atomic E-state index is 15.3. The van der Waals surface area contributed by atoms with Crippen molar-refractivity contribution in [1.29, 1.82) is 0 Å². The van der Waals surface area contributed by atoms with Gasteiger partial charge in [0, 0.05) is 34.1 Å². The number of benzene rings is 1. The molecule has 2 aliphatic rings. The SMILES string of the molecule is Cc1ncccc1-c1cc2c(n3cnnc13)N(C(=O)OC(C)(C)C)Cc1c(F)ccc3c1[C@@H](CO3)CO2. The molecule has 5 heterocycles. The van der Waals surface area contributed by atoms with E-state index in [1.165, 1.54) is 17.3 Å². The summed E-state index contributed by atoms with van der Waals surface area (Å²) in [6.07, 6.45) is 2.59. The maximum absolute atomic E-state index is 15.3. The number of hydrogen-bond acceptors (Lipinski definition) is 7. The molecule has 0 aliphatic carbocycles. The number of aromatic nitrogens is 4. The second-order valence-corrected chi connectivity index (χ2v) is 10.2. The number of ether oxygens (including phenoxy) is 3. The molecule has 1 atom stereocenters. The Kier molecular flexibility index (Phi) is 5.29. The lowest BCUT2D eigenvalue weighted by Gasteiger charge is -2.29. The summed E-state index contributed by atoms with van der Waals surface area (Å²) in [7, 11) is 0. The Bertz CT molecular complexity index is 1540. The first-order valence-electron chi connectivity index (χ1n) is 12.1. The molecular weight excluding hydrogens is 477 g/mol. The fourth-order valence-electron chi connectivity index (χ4n) is 4.94. The van der Waals surface area contributed by atoms with Crippen molar-refractivity contribution in [3.63, 3.8) is 0 Å². The van der Waals surface area contributed by atoms with Crippen LogP contribution in [-0.4, -0.2) is 44.5 Å². The quantitative estimate of drug-likeness (QED) is 0.359. The predicted octanol–water partition coefficient (Wildman–Crippen LogP) is 5.05. The summed E-state index contributed by atoms with van der Waals surface area (Å²) in [4.78, 5) is 19.5. The van der Waals surface area contributed by atoms with Crippen LogP contribution in [0.15, 0.2) is 42.9 Å². The van der Waals surface area contributed by atoms with E-state index in [-0.39, 0.29) is 19.1 Å². The Morgan fingerprint density at radius 3 is 2.68 bits per heavy atom. The van der Waals surface area contributed by atoms with E-state index in [2.05, 4.69) is 15.2 Å². The van der Waals surface area contributed by atoms with Crippen molar-refractivity contribution in [3.05, 3.63) is 65.5 Å². The standard InChI is InChI=1S/C27H26FN5O4/c1-15-17(6-5-9-29-15)18-10-22-25(33-14-30-31-24(18)33)32(26(34)37-27(2,3)4)11-19-20(28)7-8-21-23(19)16(12-35-21)13-36-22/h5-10,14,16H,11-13H2,1-4H3/t16-/m0/s1. The van der Waals surface area contributed by atoms with Gasteiger partial charge in [0.1, 0.15) is 23.5 Å². The number of hydrogen-bond donors (Lipinski definition) is 0. The van der Waals surface area contributed by atoms with Gasteiger partial charge in [0.05, 0.1) is 25.7 Å². The average molecular weight is 504 g/mol. The number of halogens is 1. The molecule has 0 saturated carbocycles. The zero-order valence-electron chi connectivity index (χ0n) is 21.0. The fourth-order valence-corrected chi connectivity index (χ4v) is 4.94. The van der Waals surface area contributed by atoms with Gasteiger partial charge in [-0.25, -0.2) is 9.18 Å². The largest absolute Gasteiger partial charge is 0.493 e. The number of amides is 1. The number of carbonyl (C=O) groups is 1. The van der Waals surface area contributed by atoms with Gasteiger partial charge in [-0.1, -0.05) is 6.07 Å². The summed E-state index contributed by atoms with van der Waals surface area (Å²) in [5.41, 5.74) is 3.22.